The van der Waals surface area contributed by atoms with E-state index in [1.807, 2.05) is 24.3 Å². The van der Waals surface area contributed by atoms with Crippen molar-refractivity contribution in [1.82, 2.24) is 4.90 Å². The number of aliphatic hydroxyl groups is 1. The molecule has 1 unspecified atom stereocenters. The molecular formula is C16H25N3O2. The Labute approximate surface area is 126 Å². The molecule has 0 aromatic heterocycles. The van der Waals surface area contributed by atoms with Crippen LogP contribution in [0.1, 0.15) is 31.2 Å². The number of anilines is 1. The van der Waals surface area contributed by atoms with Crippen LogP contribution in [0, 0.1) is 0 Å². The zero-order valence-electron chi connectivity index (χ0n) is 12.4. The topological polar surface area (TPSA) is 78.6 Å². The van der Waals surface area contributed by atoms with Crippen molar-refractivity contribution in [3.8, 4) is 0 Å². The molecule has 1 aromatic carbocycles. The fraction of sp³-hybridized carbons (Fsp3) is 0.562. The average molecular weight is 291 g/mol. The number of hydrogen-bond acceptors (Lipinski definition) is 4. The molecule has 0 radical (unpaired) electrons. The Morgan fingerprint density at radius 2 is 2.33 bits per heavy atom. The number of nitrogens with zero attached hydrogens (tertiary/aromatic N) is 1. The molecule has 5 heteroatoms. The van der Waals surface area contributed by atoms with Crippen LogP contribution < -0.4 is 11.1 Å². The molecule has 1 aromatic rings. The number of hydrogen-bond donors (Lipinski definition) is 3. The van der Waals surface area contributed by atoms with E-state index in [1.54, 1.807) is 0 Å². The summed E-state index contributed by atoms with van der Waals surface area (Å²) >= 11 is 0. The lowest BCUT2D eigenvalue weighted by molar-refractivity contribution is -0.116. The monoisotopic (exact) mass is 291 g/mol. The highest BCUT2D eigenvalue weighted by Crippen LogP contribution is 2.17. The van der Waals surface area contributed by atoms with Gasteiger partial charge in [-0.2, -0.15) is 0 Å². The summed E-state index contributed by atoms with van der Waals surface area (Å²) in [6.07, 6.45) is 3.53. The standard InChI is InChI=1S/C16H25N3O2/c17-11-13-4-1-5-14(10-13)18-16(21)7-3-9-19-8-2-6-15(19)12-20/h1,4-5,10,15,20H,2-3,6-9,11-12,17H2,(H,18,21). The van der Waals surface area contributed by atoms with Crippen molar-refractivity contribution in [1.29, 1.82) is 0 Å². The van der Waals surface area contributed by atoms with Crippen LogP contribution in [0.5, 0.6) is 0 Å². The van der Waals surface area contributed by atoms with E-state index in [2.05, 4.69) is 10.2 Å². The largest absolute Gasteiger partial charge is 0.395 e. The van der Waals surface area contributed by atoms with Gasteiger partial charge in [-0.25, -0.2) is 0 Å². The van der Waals surface area contributed by atoms with Gasteiger partial charge < -0.3 is 16.2 Å². The first-order valence-electron chi connectivity index (χ1n) is 7.66. The van der Waals surface area contributed by atoms with E-state index < -0.39 is 0 Å². The highest BCUT2D eigenvalue weighted by molar-refractivity contribution is 5.90. The number of aliphatic hydroxyl groups excluding tert-OH is 1. The van der Waals surface area contributed by atoms with Gasteiger partial charge in [0.25, 0.3) is 0 Å². The summed E-state index contributed by atoms with van der Waals surface area (Å²) in [6, 6.07) is 7.90. The molecule has 4 N–H and O–H groups in total. The van der Waals surface area contributed by atoms with Crippen molar-refractivity contribution in [2.75, 3.05) is 25.0 Å². The van der Waals surface area contributed by atoms with Gasteiger partial charge in [0.15, 0.2) is 0 Å². The number of nitrogens with two attached hydrogens (primary N) is 1. The zero-order chi connectivity index (χ0) is 15.1. The van der Waals surface area contributed by atoms with E-state index in [-0.39, 0.29) is 18.6 Å². The van der Waals surface area contributed by atoms with Crippen LogP contribution in [0.4, 0.5) is 5.69 Å². The molecule has 21 heavy (non-hydrogen) atoms. The van der Waals surface area contributed by atoms with E-state index >= 15 is 0 Å². The maximum Gasteiger partial charge on any atom is 0.224 e. The number of rotatable bonds is 7. The van der Waals surface area contributed by atoms with E-state index in [0.717, 1.165) is 43.6 Å². The molecule has 0 bridgehead atoms. The van der Waals surface area contributed by atoms with Crippen LogP contribution in [0.15, 0.2) is 24.3 Å². The summed E-state index contributed by atoms with van der Waals surface area (Å²) in [5.41, 5.74) is 7.40. The van der Waals surface area contributed by atoms with Crippen molar-refractivity contribution in [2.45, 2.75) is 38.3 Å². The van der Waals surface area contributed by atoms with Gasteiger partial charge >= 0.3 is 0 Å². The van der Waals surface area contributed by atoms with Crippen molar-refractivity contribution in [2.24, 2.45) is 5.73 Å². The predicted octanol–water partition coefficient (Wildman–Crippen LogP) is 1.32. The van der Waals surface area contributed by atoms with Crippen molar-refractivity contribution in [3.63, 3.8) is 0 Å². The van der Waals surface area contributed by atoms with Gasteiger partial charge in [0, 0.05) is 24.7 Å². The molecule has 1 amide bonds. The third-order valence-electron chi connectivity index (χ3n) is 4.01. The summed E-state index contributed by atoms with van der Waals surface area (Å²) in [7, 11) is 0. The van der Waals surface area contributed by atoms with Gasteiger partial charge in [0.05, 0.1) is 6.61 Å². The lowest BCUT2D eigenvalue weighted by Crippen LogP contribution is -2.33. The summed E-state index contributed by atoms with van der Waals surface area (Å²) in [5.74, 6) is 0.0314. The molecular weight excluding hydrogens is 266 g/mol. The smallest absolute Gasteiger partial charge is 0.224 e. The Bertz CT molecular complexity index is 465. The molecule has 1 heterocycles. The Morgan fingerprint density at radius 1 is 1.48 bits per heavy atom. The normalized spacial score (nSPS) is 18.9. The number of carbonyl (C=O) groups is 1. The van der Waals surface area contributed by atoms with E-state index in [4.69, 9.17) is 5.73 Å². The lowest BCUT2D eigenvalue weighted by atomic mass is 10.2. The first-order valence-corrected chi connectivity index (χ1v) is 7.66. The summed E-state index contributed by atoms with van der Waals surface area (Å²) in [6.45, 7) is 2.60. The molecule has 1 fully saturated rings. The van der Waals surface area contributed by atoms with E-state index in [1.165, 1.54) is 0 Å². The van der Waals surface area contributed by atoms with Crippen molar-refractivity contribution < 1.29 is 9.90 Å². The number of nitrogens with one attached hydrogen (secondary N) is 1. The van der Waals surface area contributed by atoms with Crippen LogP contribution in [-0.4, -0.2) is 41.7 Å². The van der Waals surface area contributed by atoms with Crippen LogP contribution in [-0.2, 0) is 11.3 Å². The van der Waals surface area contributed by atoms with E-state index in [0.29, 0.717) is 13.0 Å². The third kappa shape index (κ3) is 4.81. The molecule has 0 saturated carbocycles. The van der Waals surface area contributed by atoms with Crippen LogP contribution >= 0.6 is 0 Å². The minimum atomic E-state index is 0.0314. The summed E-state index contributed by atoms with van der Waals surface area (Å²) < 4.78 is 0. The van der Waals surface area contributed by atoms with Gasteiger partial charge in [0.1, 0.15) is 0 Å². The Hall–Kier alpha value is -1.43. The minimum Gasteiger partial charge on any atom is -0.395 e. The van der Waals surface area contributed by atoms with Crippen LogP contribution in [0.3, 0.4) is 0 Å². The number of amides is 1. The number of benzene rings is 1. The molecule has 1 aliphatic heterocycles. The lowest BCUT2D eigenvalue weighted by Gasteiger charge is -2.22. The molecule has 116 valence electrons. The predicted molar refractivity (Wildman–Crippen MR) is 83.9 cm³/mol. The van der Waals surface area contributed by atoms with Gasteiger partial charge in [-0.1, -0.05) is 12.1 Å². The van der Waals surface area contributed by atoms with Gasteiger partial charge in [0.2, 0.25) is 5.91 Å². The van der Waals surface area contributed by atoms with Gasteiger partial charge in [-0.15, -0.1) is 0 Å². The highest BCUT2D eigenvalue weighted by Gasteiger charge is 2.22. The molecule has 2 rings (SSSR count). The Kier molecular flexibility index (Phi) is 6.17. The van der Waals surface area contributed by atoms with Crippen LogP contribution in [0.25, 0.3) is 0 Å². The second-order valence-electron chi connectivity index (χ2n) is 5.57. The summed E-state index contributed by atoms with van der Waals surface area (Å²) in [4.78, 5) is 14.2. The molecule has 5 nitrogen and oxygen atoms in total. The molecule has 0 aliphatic carbocycles. The van der Waals surface area contributed by atoms with Gasteiger partial charge in [-0.05, 0) is 50.0 Å². The molecule has 1 saturated heterocycles. The first kappa shape index (κ1) is 15.9. The molecule has 1 aliphatic rings. The molecule has 1 atom stereocenters. The second kappa shape index (κ2) is 8.12. The Balaban J connectivity index is 1.72. The highest BCUT2D eigenvalue weighted by atomic mass is 16.3. The minimum absolute atomic E-state index is 0.0314. The molecule has 0 spiro atoms. The maximum absolute atomic E-state index is 11.9. The number of likely N-dealkylation sites (tertiary alicyclic amines) is 1. The third-order valence-corrected chi connectivity index (χ3v) is 4.01. The second-order valence-corrected chi connectivity index (χ2v) is 5.57. The van der Waals surface area contributed by atoms with Gasteiger partial charge in [-0.3, -0.25) is 9.69 Å². The fourth-order valence-electron chi connectivity index (χ4n) is 2.84. The first-order chi connectivity index (χ1) is 10.2. The quantitative estimate of drug-likeness (QED) is 0.708. The van der Waals surface area contributed by atoms with Crippen LogP contribution in [0.2, 0.25) is 0 Å². The fourth-order valence-corrected chi connectivity index (χ4v) is 2.84. The van der Waals surface area contributed by atoms with Crippen molar-refractivity contribution in [3.05, 3.63) is 29.8 Å². The Morgan fingerprint density at radius 3 is 3.10 bits per heavy atom. The maximum atomic E-state index is 11.9. The zero-order valence-corrected chi connectivity index (χ0v) is 12.4. The average Bonchev–Trinajstić information content (AvgIpc) is 2.95. The van der Waals surface area contributed by atoms with Crippen molar-refractivity contribution >= 4 is 11.6 Å². The van der Waals surface area contributed by atoms with E-state index in [9.17, 15) is 9.90 Å². The summed E-state index contributed by atoms with van der Waals surface area (Å²) in [5, 5.41) is 12.2. The SMILES string of the molecule is NCc1cccc(NC(=O)CCCN2CCCC2CO)c1. The number of carbonyl (C=O) groups excluding carboxylic acids is 1.